The number of piperidine rings is 1. The summed E-state index contributed by atoms with van der Waals surface area (Å²) in [5.41, 5.74) is 0.984. The fourth-order valence-electron chi connectivity index (χ4n) is 2.42. The van der Waals surface area contributed by atoms with Gasteiger partial charge >= 0.3 is 0 Å². The van der Waals surface area contributed by atoms with Gasteiger partial charge in [0, 0.05) is 43.3 Å². The van der Waals surface area contributed by atoms with Crippen molar-refractivity contribution >= 4 is 11.8 Å². The third-order valence-corrected chi connectivity index (χ3v) is 3.49. The van der Waals surface area contributed by atoms with Crippen molar-refractivity contribution < 1.29 is 0 Å². The summed E-state index contributed by atoms with van der Waals surface area (Å²) in [7, 11) is 0. The van der Waals surface area contributed by atoms with E-state index in [4.69, 9.17) is 0 Å². The molecule has 3 rings (SSSR count). The molecular weight excluding hydrogens is 252 g/mol. The van der Waals surface area contributed by atoms with Crippen LogP contribution in [0.1, 0.15) is 18.5 Å². The van der Waals surface area contributed by atoms with Crippen molar-refractivity contribution in [3.8, 4) is 0 Å². The molecular formula is C14H18N6. The average molecular weight is 270 g/mol. The quantitative estimate of drug-likeness (QED) is 0.915. The maximum Gasteiger partial charge on any atom is 0.225 e. The summed E-state index contributed by atoms with van der Waals surface area (Å²) < 4.78 is 0. The minimum Gasteiger partial charge on any atom is -0.367 e. The summed E-state index contributed by atoms with van der Waals surface area (Å²) in [6.45, 7) is 3.90. The Kier molecular flexibility index (Phi) is 3.71. The number of rotatable bonds is 3. The van der Waals surface area contributed by atoms with Crippen LogP contribution in [0.15, 0.2) is 30.9 Å². The fraction of sp³-hybridized carbons (Fsp3) is 0.429. The molecule has 0 spiro atoms. The molecule has 2 aromatic heterocycles. The van der Waals surface area contributed by atoms with Crippen LogP contribution in [0.4, 0.5) is 11.8 Å². The summed E-state index contributed by atoms with van der Waals surface area (Å²) >= 11 is 0. The topological polar surface area (TPSA) is 66.8 Å². The van der Waals surface area contributed by atoms with E-state index in [1.807, 2.05) is 19.1 Å². The molecule has 0 saturated carbocycles. The highest BCUT2D eigenvalue weighted by molar-refractivity contribution is 5.37. The highest BCUT2D eigenvalue weighted by atomic mass is 15.3. The van der Waals surface area contributed by atoms with Gasteiger partial charge in [-0.1, -0.05) is 0 Å². The van der Waals surface area contributed by atoms with Crippen molar-refractivity contribution in [2.75, 3.05) is 23.3 Å². The Hall–Kier alpha value is -2.24. The van der Waals surface area contributed by atoms with Crippen LogP contribution >= 0.6 is 0 Å². The molecule has 0 radical (unpaired) electrons. The fourth-order valence-corrected chi connectivity index (χ4v) is 2.42. The van der Waals surface area contributed by atoms with Crippen LogP contribution in [0.2, 0.25) is 0 Å². The van der Waals surface area contributed by atoms with E-state index < -0.39 is 0 Å². The lowest BCUT2D eigenvalue weighted by Crippen LogP contribution is -2.40. The van der Waals surface area contributed by atoms with Crippen LogP contribution in [0.3, 0.4) is 0 Å². The second kappa shape index (κ2) is 5.81. The van der Waals surface area contributed by atoms with Crippen LogP contribution in [-0.4, -0.2) is 39.1 Å². The molecule has 0 aromatic carbocycles. The SMILES string of the molecule is Cc1cc(NC2CCN(c3ncccn3)CC2)ncn1. The number of aryl methyl sites for hydroxylation is 1. The van der Waals surface area contributed by atoms with E-state index in [9.17, 15) is 0 Å². The number of nitrogens with one attached hydrogen (secondary N) is 1. The third kappa shape index (κ3) is 3.01. The van der Waals surface area contributed by atoms with Crippen LogP contribution in [0.25, 0.3) is 0 Å². The van der Waals surface area contributed by atoms with Gasteiger partial charge in [-0.25, -0.2) is 19.9 Å². The largest absolute Gasteiger partial charge is 0.367 e. The van der Waals surface area contributed by atoms with Crippen LogP contribution in [0, 0.1) is 6.92 Å². The first-order valence-corrected chi connectivity index (χ1v) is 6.88. The van der Waals surface area contributed by atoms with Gasteiger partial charge in [-0.2, -0.15) is 0 Å². The predicted molar refractivity (Wildman–Crippen MR) is 77.7 cm³/mol. The molecule has 104 valence electrons. The van der Waals surface area contributed by atoms with E-state index >= 15 is 0 Å². The van der Waals surface area contributed by atoms with Crippen molar-refractivity contribution in [3.05, 3.63) is 36.5 Å². The summed E-state index contributed by atoms with van der Waals surface area (Å²) in [6.07, 6.45) is 7.29. The number of hydrogen-bond acceptors (Lipinski definition) is 6. The molecule has 0 aliphatic carbocycles. The van der Waals surface area contributed by atoms with E-state index in [1.54, 1.807) is 18.7 Å². The smallest absolute Gasteiger partial charge is 0.225 e. The molecule has 2 aromatic rings. The first-order chi connectivity index (χ1) is 9.81. The van der Waals surface area contributed by atoms with Gasteiger partial charge in [0.25, 0.3) is 0 Å². The van der Waals surface area contributed by atoms with Gasteiger partial charge in [0.2, 0.25) is 5.95 Å². The first kappa shape index (κ1) is 12.8. The van der Waals surface area contributed by atoms with Crippen molar-refractivity contribution in [2.45, 2.75) is 25.8 Å². The predicted octanol–water partition coefficient (Wildman–Crippen LogP) is 1.66. The Labute approximate surface area is 118 Å². The Morgan fingerprint density at radius 3 is 2.55 bits per heavy atom. The van der Waals surface area contributed by atoms with Crippen molar-refractivity contribution in [2.24, 2.45) is 0 Å². The standard InChI is InChI=1S/C14H18N6/c1-11-9-13(18-10-17-11)19-12-3-7-20(8-4-12)14-15-5-2-6-16-14/h2,5-6,9-10,12H,3-4,7-8H2,1H3,(H,17,18,19). The lowest BCUT2D eigenvalue weighted by Gasteiger charge is -2.32. The molecule has 1 aliphatic heterocycles. The summed E-state index contributed by atoms with van der Waals surface area (Å²) in [6, 6.07) is 4.27. The minimum absolute atomic E-state index is 0.448. The van der Waals surface area contributed by atoms with E-state index in [2.05, 4.69) is 30.2 Å². The molecule has 6 heteroatoms. The van der Waals surface area contributed by atoms with Gasteiger partial charge in [0.15, 0.2) is 0 Å². The Balaban J connectivity index is 1.56. The zero-order valence-electron chi connectivity index (χ0n) is 11.5. The van der Waals surface area contributed by atoms with Gasteiger partial charge in [-0.15, -0.1) is 0 Å². The van der Waals surface area contributed by atoms with Crippen LogP contribution < -0.4 is 10.2 Å². The maximum absolute atomic E-state index is 4.30. The van der Waals surface area contributed by atoms with Gasteiger partial charge in [0.1, 0.15) is 12.1 Å². The molecule has 1 aliphatic rings. The molecule has 0 bridgehead atoms. The van der Waals surface area contributed by atoms with Gasteiger partial charge in [-0.3, -0.25) is 0 Å². The number of hydrogen-bond donors (Lipinski definition) is 1. The molecule has 1 fully saturated rings. The number of nitrogens with zero attached hydrogens (tertiary/aromatic N) is 5. The molecule has 1 N–H and O–H groups in total. The van der Waals surface area contributed by atoms with E-state index in [0.29, 0.717) is 6.04 Å². The Bertz CT molecular complexity index is 551. The van der Waals surface area contributed by atoms with E-state index in [0.717, 1.165) is 43.4 Å². The second-order valence-electron chi connectivity index (χ2n) is 5.00. The molecule has 3 heterocycles. The van der Waals surface area contributed by atoms with Gasteiger partial charge in [0.05, 0.1) is 0 Å². The van der Waals surface area contributed by atoms with Gasteiger partial charge in [-0.05, 0) is 25.8 Å². The Morgan fingerprint density at radius 1 is 1.10 bits per heavy atom. The van der Waals surface area contributed by atoms with Crippen molar-refractivity contribution in [3.63, 3.8) is 0 Å². The van der Waals surface area contributed by atoms with Gasteiger partial charge < -0.3 is 10.2 Å². The molecule has 0 amide bonds. The molecule has 20 heavy (non-hydrogen) atoms. The van der Waals surface area contributed by atoms with Crippen LogP contribution in [0.5, 0.6) is 0 Å². The lowest BCUT2D eigenvalue weighted by atomic mass is 10.1. The van der Waals surface area contributed by atoms with Crippen LogP contribution in [-0.2, 0) is 0 Å². The summed E-state index contributed by atoms with van der Waals surface area (Å²) in [5, 5.41) is 3.48. The van der Waals surface area contributed by atoms with E-state index in [-0.39, 0.29) is 0 Å². The zero-order valence-corrected chi connectivity index (χ0v) is 11.5. The molecule has 0 atom stereocenters. The van der Waals surface area contributed by atoms with Crippen molar-refractivity contribution in [1.82, 2.24) is 19.9 Å². The number of anilines is 2. The summed E-state index contributed by atoms with van der Waals surface area (Å²) in [4.78, 5) is 19.2. The average Bonchev–Trinajstić information content (AvgIpc) is 2.49. The highest BCUT2D eigenvalue weighted by Gasteiger charge is 2.20. The Morgan fingerprint density at radius 2 is 1.85 bits per heavy atom. The monoisotopic (exact) mass is 270 g/mol. The molecule has 1 saturated heterocycles. The molecule has 6 nitrogen and oxygen atoms in total. The minimum atomic E-state index is 0.448. The number of aromatic nitrogens is 4. The third-order valence-electron chi connectivity index (χ3n) is 3.49. The van der Waals surface area contributed by atoms with Crippen molar-refractivity contribution in [1.29, 1.82) is 0 Å². The molecule has 0 unspecified atom stereocenters. The zero-order chi connectivity index (χ0) is 13.8. The summed E-state index contributed by atoms with van der Waals surface area (Å²) in [5.74, 6) is 1.73. The maximum atomic E-state index is 4.30. The highest BCUT2D eigenvalue weighted by Crippen LogP contribution is 2.18. The first-order valence-electron chi connectivity index (χ1n) is 6.88. The van der Waals surface area contributed by atoms with E-state index in [1.165, 1.54) is 0 Å². The normalized spacial score (nSPS) is 16.1. The second-order valence-corrected chi connectivity index (χ2v) is 5.00. The lowest BCUT2D eigenvalue weighted by molar-refractivity contribution is 0.518.